The Balaban J connectivity index is 1.37. The lowest BCUT2D eigenvalue weighted by atomic mass is 10.0. The van der Waals surface area contributed by atoms with Gasteiger partial charge in [0, 0.05) is 37.2 Å². The Morgan fingerprint density at radius 1 is 1.00 bits per heavy atom. The van der Waals surface area contributed by atoms with Gasteiger partial charge < -0.3 is 25.8 Å². The topological polar surface area (TPSA) is 120 Å². The van der Waals surface area contributed by atoms with Gasteiger partial charge in [0.25, 0.3) is 0 Å². The van der Waals surface area contributed by atoms with E-state index in [0.717, 1.165) is 24.0 Å². The van der Waals surface area contributed by atoms with Crippen LogP contribution in [-0.4, -0.2) is 42.0 Å². The first-order valence-electron chi connectivity index (χ1n) is 12.5. The van der Waals surface area contributed by atoms with Gasteiger partial charge in [-0.2, -0.15) is 0 Å². The molecule has 38 heavy (non-hydrogen) atoms. The lowest BCUT2D eigenvalue weighted by molar-refractivity contribution is -0.136. The molecule has 0 aliphatic carbocycles. The zero-order valence-corrected chi connectivity index (χ0v) is 21.8. The van der Waals surface area contributed by atoms with E-state index >= 15 is 0 Å². The predicted molar refractivity (Wildman–Crippen MR) is 147 cm³/mol. The molecule has 198 valence electrons. The molecule has 4 N–H and O–H groups in total. The summed E-state index contributed by atoms with van der Waals surface area (Å²) in [7, 11) is 0. The number of rotatable bonds is 9. The number of amides is 1. The average molecular weight is 535 g/mol. The van der Waals surface area contributed by atoms with Crippen molar-refractivity contribution in [1.82, 2.24) is 4.90 Å². The summed E-state index contributed by atoms with van der Waals surface area (Å²) in [4.78, 5) is 31.8. The quantitative estimate of drug-likeness (QED) is 0.179. The Morgan fingerprint density at radius 3 is 2.37 bits per heavy atom. The first kappa shape index (κ1) is 27.2. The first-order chi connectivity index (χ1) is 18.4. The van der Waals surface area contributed by atoms with Crippen molar-refractivity contribution in [2.24, 2.45) is 16.5 Å². The van der Waals surface area contributed by atoms with Crippen LogP contribution in [0.2, 0.25) is 5.02 Å². The third-order valence-electron chi connectivity index (χ3n) is 6.35. The molecule has 1 amide bonds. The van der Waals surface area contributed by atoms with E-state index in [1.807, 2.05) is 35.2 Å². The van der Waals surface area contributed by atoms with E-state index in [1.54, 1.807) is 42.5 Å². The third-order valence-corrected chi connectivity index (χ3v) is 6.70. The van der Waals surface area contributed by atoms with Crippen LogP contribution in [0.15, 0.2) is 77.8 Å². The van der Waals surface area contributed by atoms with E-state index in [-0.39, 0.29) is 17.9 Å². The van der Waals surface area contributed by atoms with Gasteiger partial charge in [0.1, 0.15) is 5.75 Å². The zero-order chi connectivity index (χ0) is 26.9. The molecule has 0 aromatic heterocycles. The number of benzene rings is 3. The Bertz CT molecular complexity index is 1270. The Hall–Kier alpha value is -3.88. The van der Waals surface area contributed by atoms with E-state index < -0.39 is 5.97 Å². The highest BCUT2D eigenvalue weighted by Gasteiger charge is 2.26. The van der Waals surface area contributed by atoms with Crippen LogP contribution in [-0.2, 0) is 22.5 Å². The third kappa shape index (κ3) is 7.57. The van der Waals surface area contributed by atoms with Crippen LogP contribution in [0.3, 0.4) is 0 Å². The minimum absolute atomic E-state index is 0.0655. The summed E-state index contributed by atoms with van der Waals surface area (Å²) in [5.41, 5.74) is 13.5. The Morgan fingerprint density at radius 2 is 1.71 bits per heavy atom. The van der Waals surface area contributed by atoms with E-state index in [4.69, 9.17) is 32.5 Å². The fraction of sp³-hybridized carbons (Fsp3) is 0.276. The molecular weight excluding hydrogens is 504 g/mol. The first-order valence-corrected chi connectivity index (χ1v) is 12.9. The van der Waals surface area contributed by atoms with Crippen molar-refractivity contribution < 1.29 is 19.1 Å². The second kappa shape index (κ2) is 13.1. The van der Waals surface area contributed by atoms with Crippen molar-refractivity contribution in [3.8, 4) is 5.75 Å². The summed E-state index contributed by atoms with van der Waals surface area (Å²) in [6.07, 6.45) is 2.46. The Kier molecular flexibility index (Phi) is 9.35. The number of halogens is 1. The van der Waals surface area contributed by atoms with Gasteiger partial charge in [-0.05, 0) is 66.8 Å². The summed E-state index contributed by atoms with van der Waals surface area (Å²) >= 11 is 6.50. The average Bonchev–Trinajstić information content (AvgIpc) is 2.92. The highest BCUT2D eigenvalue weighted by Crippen LogP contribution is 2.26. The van der Waals surface area contributed by atoms with E-state index in [9.17, 15) is 9.59 Å². The summed E-state index contributed by atoms with van der Waals surface area (Å²) in [6, 6.07) is 21.6. The molecule has 0 atom stereocenters. The van der Waals surface area contributed by atoms with Gasteiger partial charge in [0.05, 0.1) is 11.3 Å². The number of nitrogens with zero attached hydrogens (tertiary/aromatic N) is 2. The molecule has 1 heterocycles. The minimum Gasteiger partial charge on any atom is -0.423 e. The molecule has 1 aliphatic heterocycles. The highest BCUT2D eigenvalue weighted by atomic mass is 35.5. The fourth-order valence-corrected chi connectivity index (χ4v) is 4.63. The molecule has 0 bridgehead atoms. The van der Waals surface area contributed by atoms with Gasteiger partial charge >= 0.3 is 5.97 Å². The molecule has 1 saturated heterocycles. The summed E-state index contributed by atoms with van der Waals surface area (Å²) in [5.74, 6) is -0.203. The van der Waals surface area contributed by atoms with Crippen LogP contribution >= 0.6 is 11.6 Å². The van der Waals surface area contributed by atoms with Crippen LogP contribution in [0.4, 0.5) is 5.69 Å². The van der Waals surface area contributed by atoms with Crippen molar-refractivity contribution >= 4 is 35.1 Å². The number of carbonyl (C=O) groups is 2. The summed E-state index contributed by atoms with van der Waals surface area (Å²) in [5, 5.41) is 0.437. The number of aryl methyl sites for hydroxylation is 1. The van der Waals surface area contributed by atoms with Crippen molar-refractivity contribution in [1.29, 1.82) is 0 Å². The molecular formula is C29H31ClN4O4. The number of hydrogen-bond donors (Lipinski definition) is 2. The monoisotopic (exact) mass is 534 g/mol. The van der Waals surface area contributed by atoms with E-state index in [1.165, 1.54) is 0 Å². The summed E-state index contributed by atoms with van der Waals surface area (Å²) in [6.45, 7) is 1.89. The van der Waals surface area contributed by atoms with Gasteiger partial charge in [-0.25, -0.2) is 9.79 Å². The standard InChI is InChI=1S/C29H31ClN4O4/c30-26-18-25(38-28(36)22-6-10-23(11-7-22)33-29(31)32)12-8-21(26)9-13-27(35)34(24-14-16-37-17-15-24)19-20-4-2-1-3-5-20/h1-8,10-12,18,24H,9,13-17,19H2,(H4,31,32,33). The molecule has 1 aliphatic rings. The maximum atomic E-state index is 13.3. The zero-order valence-electron chi connectivity index (χ0n) is 21.0. The number of aliphatic imine (C=N–C) groups is 1. The molecule has 3 aromatic carbocycles. The Labute approximate surface area is 227 Å². The highest BCUT2D eigenvalue weighted by molar-refractivity contribution is 6.31. The van der Waals surface area contributed by atoms with Crippen LogP contribution in [0.1, 0.15) is 40.7 Å². The maximum absolute atomic E-state index is 13.3. The molecule has 4 rings (SSSR count). The number of guanidine groups is 1. The molecule has 1 fully saturated rings. The SMILES string of the molecule is NC(N)=Nc1ccc(C(=O)Oc2ccc(CCC(=O)N(Cc3ccccc3)C3CCOCC3)c(Cl)c2)cc1. The molecule has 0 radical (unpaired) electrons. The number of hydrogen-bond acceptors (Lipinski definition) is 5. The molecule has 0 saturated carbocycles. The fourth-order valence-electron chi connectivity index (χ4n) is 4.36. The smallest absolute Gasteiger partial charge is 0.343 e. The van der Waals surface area contributed by atoms with Crippen LogP contribution in [0.25, 0.3) is 0 Å². The van der Waals surface area contributed by atoms with E-state index in [0.29, 0.717) is 54.6 Å². The predicted octanol–water partition coefficient (Wildman–Crippen LogP) is 4.60. The molecule has 8 nitrogen and oxygen atoms in total. The summed E-state index contributed by atoms with van der Waals surface area (Å²) < 4.78 is 11.0. The maximum Gasteiger partial charge on any atom is 0.343 e. The lowest BCUT2D eigenvalue weighted by Gasteiger charge is -2.34. The van der Waals surface area contributed by atoms with Crippen molar-refractivity contribution in [3.05, 3.63) is 94.5 Å². The molecule has 9 heteroatoms. The normalized spacial score (nSPS) is 13.5. The van der Waals surface area contributed by atoms with Gasteiger partial charge in [-0.1, -0.05) is 48.0 Å². The number of ether oxygens (including phenoxy) is 2. The van der Waals surface area contributed by atoms with Crippen molar-refractivity contribution in [3.63, 3.8) is 0 Å². The lowest BCUT2D eigenvalue weighted by Crippen LogP contribution is -2.43. The molecule has 3 aromatic rings. The largest absolute Gasteiger partial charge is 0.423 e. The number of nitrogens with two attached hydrogens (primary N) is 2. The van der Waals surface area contributed by atoms with Crippen molar-refractivity contribution in [2.45, 2.75) is 38.3 Å². The van der Waals surface area contributed by atoms with Crippen LogP contribution in [0, 0.1) is 0 Å². The number of carbonyl (C=O) groups excluding carboxylic acids is 2. The number of esters is 1. The molecule has 0 spiro atoms. The second-order valence-corrected chi connectivity index (χ2v) is 9.48. The molecule has 0 unspecified atom stereocenters. The van der Waals surface area contributed by atoms with Crippen molar-refractivity contribution in [2.75, 3.05) is 13.2 Å². The van der Waals surface area contributed by atoms with Crippen LogP contribution in [0.5, 0.6) is 5.75 Å². The van der Waals surface area contributed by atoms with E-state index in [2.05, 4.69) is 4.99 Å². The second-order valence-electron chi connectivity index (χ2n) is 9.08. The van der Waals surface area contributed by atoms with Gasteiger partial charge in [0.2, 0.25) is 5.91 Å². The van der Waals surface area contributed by atoms with Crippen LogP contribution < -0.4 is 16.2 Å². The van der Waals surface area contributed by atoms with Gasteiger partial charge in [0.15, 0.2) is 5.96 Å². The van der Waals surface area contributed by atoms with Gasteiger partial charge in [-0.3, -0.25) is 4.79 Å². The van der Waals surface area contributed by atoms with Gasteiger partial charge in [-0.15, -0.1) is 0 Å². The minimum atomic E-state index is -0.534.